The van der Waals surface area contributed by atoms with Crippen LogP contribution in [0.1, 0.15) is 32.1 Å². The summed E-state index contributed by atoms with van der Waals surface area (Å²) in [4.78, 5) is 3.87. The quantitative estimate of drug-likeness (QED) is 0.341. The predicted octanol–water partition coefficient (Wildman–Crippen LogP) is 2.32. The molecule has 2 heteroatoms. The minimum absolute atomic E-state index is 0.873. The second-order valence-corrected chi connectivity index (χ2v) is 3.93. The van der Waals surface area contributed by atoms with Gasteiger partial charge in [-0.1, -0.05) is 19.3 Å². The lowest BCUT2D eigenvalue weighted by Crippen LogP contribution is -2.05. The normalized spacial score (nSPS) is 20.1. The molecule has 0 radical (unpaired) electrons. The van der Waals surface area contributed by atoms with Crippen molar-refractivity contribution in [3.8, 4) is 0 Å². The van der Waals surface area contributed by atoms with Gasteiger partial charge < -0.3 is 0 Å². The van der Waals surface area contributed by atoms with E-state index in [0.717, 1.165) is 5.25 Å². The van der Waals surface area contributed by atoms with Crippen LogP contribution in [0.15, 0.2) is 4.99 Å². The Morgan fingerprint density at radius 1 is 1.30 bits per heavy atom. The van der Waals surface area contributed by atoms with E-state index in [4.69, 9.17) is 0 Å². The Morgan fingerprint density at radius 3 is 2.60 bits per heavy atom. The fourth-order valence-electron chi connectivity index (χ4n) is 1.35. The number of nitrogens with zero attached hydrogens (tertiary/aromatic N) is 1. The first-order valence-corrected chi connectivity index (χ1v) is 4.93. The van der Waals surface area contributed by atoms with Crippen LogP contribution in [0.25, 0.3) is 0 Å². The molecule has 0 aromatic rings. The Labute approximate surface area is 66.5 Å². The summed E-state index contributed by atoms with van der Waals surface area (Å²) in [5.74, 6) is 0. The topological polar surface area (TPSA) is 12.4 Å². The molecule has 1 aliphatic rings. The molecule has 1 saturated carbocycles. The zero-order valence-electron chi connectivity index (χ0n) is 6.51. The lowest BCUT2D eigenvalue weighted by molar-refractivity contribution is 0.518. The maximum Gasteiger partial charge on any atom is 0.0377 e. The van der Waals surface area contributed by atoms with Gasteiger partial charge in [0.1, 0.15) is 0 Å². The first-order valence-electron chi connectivity index (χ1n) is 3.97. The van der Waals surface area contributed by atoms with E-state index in [2.05, 4.69) is 10.2 Å². The van der Waals surface area contributed by atoms with Crippen LogP contribution in [0, 0.1) is 0 Å². The van der Waals surface area contributed by atoms with Gasteiger partial charge in [-0.3, -0.25) is 0 Å². The fraction of sp³-hybridized carbons (Fsp3) is 0.875. The highest BCUT2D eigenvalue weighted by molar-refractivity contribution is 7.97. The molecule has 0 heterocycles. The highest BCUT2D eigenvalue weighted by Crippen LogP contribution is 2.23. The minimum Gasteiger partial charge on any atom is -0.241 e. The monoisotopic (exact) mass is 157 g/mol. The Balaban J connectivity index is 2.32. The van der Waals surface area contributed by atoms with E-state index in [1.165, 1.54) is 43.5 Å². The molecule has 10 heavy (non-hydrogen) atoms. The molecule has 0 bridgehead atoms. The third kappa shape index (κ3) is 2.68. The molecule has 0 saturated heterocycles. The van der Waals surface area contributed by atoms with Crippen LogP contribution < -0.4 is 0 Å². The van der Waals surface area contributed by atoms with Crippen LogP contribution in [0.4, 0.5) is 0 Å². The average Bonchev–Trinajstić information content (AvgIpc) is 2.03. The molecular weight excluding hydrogens is 142 g/mol. The van der Waals surface area contributed by atoms with Gasteiger partial charge in [-0.25, -0.2) is 4.99 Å². The van der Waals surface area contributed by atoms with Gasteiger partial charge in [-0.2, -0.15) is 0 Å². The third-order valence-electron chi connectivity index (χ3n) is 1.92. The molecule has 0 unspecified atom stereocenters. The van der Waals surface area contributed by atoms with E-state index in [-0.39, 0.29) is 0 Å². The zero-order chi connectivity index (χ0) is 7.23. The second kappa shape index (κ2) is 4.70. The highest BCUT2D eigenvalue weighted by Gasteiger charge is 2.08. The SMILES string of the molecule is CN=C=[SH]C1CCCCC1. The maximum absolute atomic E-state index is 3.87. The summed E-state index contributed by atoms with van der Waals surface area (Å²) in [7, 11) is 1.80. The van der Waals surface area contributed by atoms with E-state index in [1.807, 2.05) is 0 Å². The number of hydrogen-bond donors (Lipinski definition) is 1. The number of isothiocyanates is 1. The summed E-state index contributed by atoms with van der Waals surface area (Å²) in [5, 5.41) is 3.89. The van der Waals surface area contributed by atoms with Gasteiger partial charge in [0.15, 0.2) is 0 Å². The molecule has 0 aliphatic heterocycles. The van der Waals surface area contributed by atoms with Crippen LogP contribution in [-0.2, 0) is 0 Å². The van der Waals surface area contributed by atoms with Crippen molar-refractivity contribution in [3.05, 3.63) is 0 Å². The molecule has 0 aromatic heterocycles. The van der Waals surface area contributed by atoms with E-state index in [9.17, 15) is 0 Å². The van der Waals surface area contributed by atoms with Crippen LogP contribution >= 0.6 is 11.4 Å². The van der Waals surface area contributed by atoms with Crippen LogP contribution in [0.5, 0.6) is 0 Å². The fourth-order valence-corrected chi connectivity index (χ4v) is 2.25. The van der Waals surface area contributed by atoms with Gasteiger partial charge in [0.05, 0.1) is 0 Å². The second-order valence-electron chi connectivity index (χ2n) is 2.74. The van der Waals surface area contributed by atoms with Crippen LogP contribution in [-0.4, -0.2) is 17.5 Å². The van der Waals surface area contributed by atoms with Crippen molar-refractivity contribution in [1.29, 1.82) is 0 Å². The highest BCUT2D eigenvalue weighted by atomic mass is 32.1. The van der Waals surface area contributed by atoms with Crippen LogP contribution in [0.2, 0.25) is 0 Å². The lowest BCUT2D eigenvalue weighted by Gasteiger charge is -2.16. The zero-order valence-corrected chi connectivity index (χ0v) is 7.40. The van der Waals surface area contributed by atoms with Crippen molar-refractivity contribution in [2.45, 2.75) is 37.4 Å². The minimum atomic E-state index is 0.873. The van der Waals surface area contributed by atoms with Gasteiger partial charge in [0.25, 0.3) is 0 Å². The standard InChI is InChI=1S/C8H15NS/c1-9-7-10-8-5-3-2-4-6-8/h8,10H,2-6H2,1H3. The van der Waals surface area contributed by atoms with Crippen molar-refractivity contribution < 1.29 is 0 Å². The first-order chi connectivity index (χ1) is 4.93. The molecule has 58 valence electrons. The molecule has 1 rings (SSSR count). The smallest absolute Gasteiger partial charge is 0.0377 e. The van der Waals surface area contributed by atoms with Crippen molar-refractivity contribution >= 4 is 16.5 Å². The summed E-state index contributed by atoms with van der Waals surface area (Å²) in [6.45, 7) is 0. The molecule has 0 amide bonds. The van der Waals surface area contributed by atoms with Gasteiger partial charge in [-0.05, 0) is 12.8 Å². The Bertz CT molecular complexity index is 141. The summed E-state index contributed by atoms with van der Waals surface area (Å²) < 4.78 is 0. The summed E-state index contributed by atoms with van der Waals surface area (Å²) >= 11 is 1.32. The summed E-state index contributed by atoms with van der Waals surface area (Å²) in [5.41, 5.74) is 0. The molecular formula is C8H15NS. The molecule has 1 aliphatic carbocycles. The number of rotatable bonds is 1. The van der Waals surface area contributed by atoms with Crippen molar-refractivity contribution in [3.63, 3.8) is 0 Å². The van der Waals surface area contributed by atoms with E-state index in [0.29, 0.717) is 0 Å². The number of thiol groups is 1. The Kier molecular flexibility index (Phi) is 3.77. The van der Waals surface area contributed by atoms with E-state index in [1.54, 1.807) is 7.05 Å². The largest absolute Gasteiger partial charge is 0.241 e. The van der Waals surface area contributed by atoms with Crippen molar-refractivity contribution in [2.24, 2.45) is 4.99 Å². The molecule has 0 aromatic carbocycles. The molecule has 1 fully saturated rings. The number of aliphatic imine (C=N–C) groups is 1. The molecule has 0 atom stereocenters. The summed E-state index contributed by atoms with van der Waals surface area (Å²) in [6.07, 6.45) is 7.07. The molecule has 1 nitrogen and oxygen atoms in total. The van der Waals surface area contributed by atoms with Gasteiger partial charge in [-0.15, -0.1) is 11.4 Å². The van der Waals surface area contributed by atoms with Crippen molar-refractivity contribution in [2.75, 3.05) is 7.05 Å². The Hall–Kier alpha value is -0.0700. The van der Waals surface area contributed by atoms with E-state index < -0.39 is 0 Å². The van der Waals surface area contributed by atoms with Crippen molar-refractivity contribution in [1.82, 2.24) is 0 Å². The predicted molar refractivity (Wildman–Crippen MR) is 49.2 cm³/mol. The lowest BCUT2D eigenvalue weighted by atomic mass is 10.0. The molecule has 0 spiro atoms. The van der Waals surface area contributed by atoms with Gasteiger partial charge in [0, 0.05) is 17.5 Å². The number of hydrogen-bond acceptors (Lipinski definition) is 1. The Morgan fingerprint density at radius 2 is 2.00 bits per heavy atom. The average molecular weight is 157 g/mol. The summed E-state index contributed by atoms with van der Waals surface area (Å²) in [6, 6.07) is 0. The third-order valence-corrected chi connectivity index (χ3v) is 3.11. The first kappa shape index (κ1) is 8.03. The van der Waals surface area contributed by atoms with Gasteiger partial charge >= 0.3 is 0 Å². The maximum atomic E-state index is 3.87. The van der Waals surface area contributed by atoms with Gasteiger partial charge in [0.2, 0.25) is 0 Å². The van der Waals surface area contributed by atoms with E-state index >= 15 is 0 Å². The molecule has 0 N–H and O–H groups in total. The van der Waals surface area contributed by atoms with Crippen LogP contribution in [0.3, 0.4) is 0 Å².